The first-order valence-electron chi connectivity index (χ1n) is 10.6. The molecule has 1 aromatic carbocycles. The molecule has 0 radical (unpaired) electrons. The van der Waals surface area contributed by atoms with E-state index in [1.807, 2.05) is 29.6 Å². The first-order chi connectivity index (χ1) is 13.8. The molecule has 6 heteroatoms. The molecular weight excluding hydrogens is 364 g/mol. The lowest BCUT2D eigenvalue weighted by molar-refractivity contribution is -0.00923. The Bertz CT molecular complexity index is 890. The summed E-state index contributed by atoms with van der Waals surface area (Å²) < 4.78 is 7.77. The van der Waals surface area contributed by atoms with Crippen LogP contribution in [0.2, 0.25) is 0 Å². The smallest absolute Gasteiger partial charge is 0.274 e. The number of rotatable bonds is 3. The van der Waals surface area contributed by atoms with E-state index in [1.54, 1.807) is 0 Å². The molecule has 2 aliphatic rings. The average molecular weight is 397 g/mol. The number of hydrogen-bond donors (Lipinski definition) is 0. The molecule has 6 nitrogen and oxygen atoms in total. The van der Waals surface area contributed by atoms with Crippen LogP contribution in [0.25, 0.3) is 0 Å². The van der Waals surface area contributed by atoms with E-state index in [1.165, 1.54) is 5.56 Å². The molecule has 2 atom stereocenters. The minimum Gasteiger partial charge on any atom is -0.369 e. The Hall–Kier alpha value is -2.18. The zero-order chi connectivity index (χ0) is 20.8. The summed E-state index contributed by atoms with van der Waals surface area (Å²) in [6.07, 6.45) is 0.811. The summed E-state index contributed by atoms with van der Waals surface area (Å²) in [6.45, 7) is 11.7. The van der Waals surface area contributed by atoms with Gasteiger partial charge in [-0.25, -0.2) is 0 Å². The van der Waals surface area contributed by atoms with Gasteiger partial charge in [-0.05, 0) is 33.3 Å². The molecule has 0 bridgehead atoms. The van der Waals surface area contributed by atoms with E-state index in [4.69, 9.17) is 4.74 Å². The number of carbonyl (C=O) groups excluding carboxylic acids is 1. The van der Waals surface area contributed by atoms with Gasteiger partial charge in [-0.1, -0.05) is 30.3 Å². The highest BCUT2D eigenvalue weighted by Gasteiger charge is 2.38. The lowest BCUT2D eigenvalue weighted by atomic mass is 9.96. The van der Waals surface area contributed by atoms with Crippen molar-refractivity contribution in [2.75, 3.05) is 19.6 Å². The Morgan fingerprint density at radius 2 is 1.93 bits per heavy atom. The first kappa shape index (κ1) is 20.1. The van der Waals surface area contributed by atoms with Gasteiger partial charge >= 0.3 is 0 Å². The molecule has 2 aromatic rings. The van der Waals surface area contributed by atoms with Crippen LogP contribution in [0.4, 0.5) is 0 Å². The Balaban J connectivity index is 1.52. The SMILES string of the molecule is C[C@@H]1Cc2c(C(=O)N3CCN(Cc4ccccc4)C(C)(C)C3)nn(C)c2[C@H](C)O1. The molecule has 156 valence electrons. The van der Waals surface area contributed by atoms with Gasteiger partial charge < -0.3 is 9.64 Å². The molecule has 3 heterocycles. The Kier molecular flexibility index (Phi) is 5.25. The summed E-state index contributed by atoms with van der Waals surface area (Å²) in [7, 11) is 1.91. The van der Waals surface area contributed by atoms with Gasteiger partial charge in [0, 0.05) is 50.7 Å². The second-order valence-electron chi connectivity index (χ2n) is 9.08. The standard InChI is InChI=1S/C23H32N4O2/c1-16-13-19-20(24-25(5)21(19)17(2)29-16)22(28)26-11-12-27(23(3,4)15-26)14-18-9-7-6-8-10-18/h6-10,16-17H,11-15H2,1-5H3/t16-,17+/m1/s1. The van der Waals surface area contributed by atoms with Gasteiger partial charge in [0.25, 0.3) is 5.91 Å². The van der Waals surface area contributed by atoms with Gasteiger partial charge in [0.1, 0.15) is 0 Å². The lowest BCUT2D eigenvalue weighted by Gasteiger charge is -2.47. The molecule has 0 unspecified atom stereocenters. The fraction of sp³-hybridized carbons (Fsp3) is 0.565. The van der Waals surface area contributed by atoms with Gasteiger partial charge in [0.2, 0.25) is 0 Å². The number of piperazine rings is 1. The van der Waals surface area contributed by atoms with Gasteiger partial charge in [-0.3, -0.25) is 14.4 Å². The molecule has 1 amide bonds. The minimum absolute atomic E-state index is 0.0352. The van der Waals surface area contributed by atoms with E-state index in [2.05, 4.69) is 55.0 Å². The largest absolute Gasteiger partial charge is 0.369 e. The highest BCUT2D eigenvalue weighted by molar-refractivity contribution is 5.94. The maximum Gasteiger partial charge on any atom is 0.274 e. The van der Waals surface area contributed by atoms with Crippen molar-refractivity contribution >= 4 is 5.91 Å². The van der Waals surface area contributed by atoms with Gasteiger partial charge in [0.15, 0.2) is 5.69 Å². The van der Waals surface area contributed by atoms with Crippen molar-refractivity contribution in [3.8, 4) is 0 Å². The van der Waals surface area contributed by atoms with Crippen LogP contribution in [-0.4, -0.2) is 56.8 Å². The van der Waals surface area contributed by atoms with E-state index in [9.17, 15) is 4.79 Å². The molecule has 0 N–H and O–H groups in total. The van der Waals surface area contributed by atoms with Crippen molar-refractivity contribution in [1.29, 1.82) is 0 Å². The number of ether oxygens (including phenoxy) is 1. The van der Waals surface area contributed by atoms with Crippen LogP contribution in [0.3, 0.4) is 0 Å². The summed E-state index contributed by atoms with van der Waals surface area (Å²) in [5, 5.41) is 4.62. The maximum atomic E-state index is 13.4. The molecule has 29 heavy (non-hydrogen) atoms. The lowest BCUT2D eigenvalue weighted by Crippen LogP contribution is -2.60. The quantitative estimate of drug-likeness (QED) is 0.800. The normalized spacial score (nSPS) is 24.4. The third-order valence-electron chi connectivity index (χ3n) is 6.29. The second-order valence-corrected chi connectivity index (χ2v) is 9.08. The highest BCUT2D eigenvalue weighted by Crippen LogP contribution is 2.33. The van der Waals surface area contributed by atoms with Crippen LogP contribution in [0.1, 0.15) is 61.1 Å². The number of aromatic nitrogens is 2. The monoisotopic (exact) mass is 396 g/mol. The number of fused-ring (bicyclic) bond motifs is 1. The van der Waals surface area contributed by atoms with E-state index >= 15 is 0 Å². The van der Waals surface area contributed by atoms with Crippen LogP contribution < -0.4 is 0 Å². The van der Waals surface area contributed by atoms with Crippen LogP contribution in [0.15, 0.2) is 30.3 Å². The predicted molar refractivity (Wildman–Crippen MR) is 113 cm³/mol. The third kappa shape index (κ3) is 3.83. The average Bonchev–Trinajstić information content (AvgIpc) is 3.00. The van der Waals surface area contributed by atoms with E-state index in [-0.39, 0.29) is 23.7 Å². The van der Waals surface area contributed by atoms with Crippen molar-refractivity contribution in [3.05, 3.63) is 52.8 Å². The van der Waals surface area contributed by atoms with Crippen molar-refractivity contribution in [3.63, 3.8) is 0 Å². The number of hydrogen-bond acceptors (Lipinski definition) is 4. The van der Waals surface area contributed by atoms with Crippen molar-refractivity contribution in [1.82, 2.24) is 19.6 Å². The molecule has 0 spiro atoms. The minimum atomic E-state index is -0.0950. The maximum absolute atomic E-state index is 13.4. The van der Waals surface area contributed by atoms with Gasteiger partial charge in [0.05, 0.1) is 17.9 Å². The van der Waals surface area contributed by atoms with Crippen molar-refractivity contribution in [2.45, 2.75) is 58.4 Å². The summed E-state index contributed by atoms with van der Waals surface area (Å²) in [4.78, 5) is 17.9. The number of amides is 1. The van der Waals surface area contributed by atoms with Gasteiger partial charge in [-0.15, -0.1) is 0 Å². The highest BCUT2D eigenvalue weighted by atomic mass is 16.5. The molecule has 1 saturated heterocycles. The summed E-state index contributed by atoms with van der Waals surface area (Å²) in [5.41, 5.74) is 3.92. The number of carbonyl (C=O) groups is 1. The molecule has 1 fully saturated rings. The Morgan fingerprint density at radius 3 is 2.62 bits per heavy atom. The first-order valence-corrected chi connectivity index (χ1v) is 10.6. The topological polar surface area (TPSA) is 50.6 Å². The third-order valence-corrected chi connectivity index (χ3v) is 6.29. The van der Waals surface area contributed by atoms with Crippen LogP contribution in [-0.2, 0) is 24.8 Å². The van der Waals surface area contributed by atoms with E-state index in [0.717, 1.165) is 37.3 Å². The van der Waals surface area contributed by atoms with Gasteiger partial charge in [-0.2, -0.15) is 5.10 Å². The number of aryl methyl sites for hydroxylation is 1. The van der Waals surface area contributed by atoms with Crippen LogP contribution >= 0.6 is 0 Å². The Labute approximate surface area is 173 Å². The van der Waals surface area contributed by atoms with Crippen molar-refractivity contribution in [2.24, 2.45) is 7.05 Å². The zero-order valence-corrected chi connectivity index (χ0v) is 18.2. The number of benzene rings is 1. The van der Waals surface area contributed by atoms with Crippen LogP contribution in [0, 0.1) is 0 Å². The Morgan fingerprint density at radius 1 is 1.21 bits per heavy atom. The predicted octanol–water partition coefficient (Wildman–Crippen LogP) is 3.18. The van der Waals surface area contributed by atoms with Crippen molar-refractivity contribution < 1.29 is 9.53 Å². The molecule has 1 aromatic heterocycles. The summed E-state index contributed by atoms with van der Waals surface area (Å²) in [6, 6.07) is 10.5. The molecular formula is C23H32N4O2. The summed E-state index contributed by atoms with van der Waals surface area (Å²) in [5.74, 6) is 0.0515. The number of nitrogens with zero attached hydrogens (tertiary/aromatic N) is 4. The summed E-state index contributed by atoms with van der Waals surface area (Å²) >= 11 is 0. The van der Waals surface area contributed by atoms with E-state index < -0.39 is 0 Å². The molecule has 2 aliphatic heterocycles. The molecule has 0 aliphatic carbocycles. The van der Waals surface area contributed by atoms with E-state index in [0.29, 0.717) is 12.2 Å². The zero-order valence-electron chi connectivity index (χ0n) is 18.2. The molecule has 0 saturated carbocycles. The second kappa shape index (κ2) is 7.58. The fourth-order valence-corrected chi connectivity index (χ4v) is 4.82. The molecule has 4 rings (SSSR count). The van der Waals surface area contributed by atoms with Crippen LogP contribution in [0.5, 0.6) is 0 Å². The fourth-order valence-electron chi connectivity index (χ4n) is 4.82.